The number of methoxy groups -OCH3 is 2. The normalized spacial score (nSPS) is 11.7. The molecule has 1 N–H and O–H groups in total. The van der Waals surface area contributed by atoms with Crippen LogP contribution in [0, 0.1) is 0 Å². The van der Waals surface area contributed by atoms with E-state index in [1.54, 1.807) is 38.5 Å². The Kier molecular flexibility index (Phi) is 5.88. The van der Waals surface area contributed by atoms with Crippen molar-refractivity contribution in [2.45, 2.75) is 19.4 Å². The molecule has 4 nitrogen and oxygen atoms in total. The highest BCUT2D eigenvalue weighted by molar-refractivity contribution is 6.30. The van der Waals surface area contributed by atoms with Crippen LogP contribution in [0.25, 0.3) is 0 Å². The average Bonchev–Trinajstić information content (AvgIpc) is 2.58. The highest BCUT2D eigenvalue weighted by Crippen LogP contribution is 2.31. The minimum Gasteiger partial charge on any atom is -0.493 e. The quantitative estimate of drug-likeness (QED) is 0.860. The fourth-order valence-electron chi connectivity index (χ4n) is 2.36. The molecule has 0 saturated carbocycles. The van der Waals surface area contributed by atoms with Crippen LogP contribution in [0.1, 0.15) is 35.3 Å². The fraction of sp³-hybridized carbons (Fsp3) is 0.278. The number of carbonyl (C=O) groups is 1. The van der Waals surface area contributed by atoms with Gasteiger partial charge >= 0.3 is 0 Å². The minimum absolute atomic E-state index is 0.124. The molecule has 2 aromatic rings. The van der Waals surface area contributed by atoms with Crippen molar-refractivity contribution >= 4 is 17.5 Å². The SMILES string of the molecule is CCC(NC(=O)c1cccc(Cl)c1)c1ccc(OC)c(OC)c1. The molecular formula is C18H20ClNO3. The van der Waals surface area contributed by atoms with Gasteiger partial charge in [-0.25, -0.2) is 0 Å². The number of nitrogens with one attached hydrogen (secondary N) is 1. The third-order valence-electron chi connectivity index (χ3n) is 3.61. The van der Waals surface area contributed by atoms with Crippen molar-refractivity contribution < 1.29 is 14.3 Å². The summed E-state index contributed by atoms with van der Waals surface area (Å²) in [7, 11) is 3.18. The first-order valence-corrected chi connectivity index (χ1v) is 7.75. The summed E-state index contributed by atoms with van der Waals surface area (Å²) in [6, 6.07) is 12.4. The zero-order valence-electron chi connectivity index (χ0n) is 13.4. The van der Waals surface area contributed by atoms with Crippen LogP contribution in [-0.4, -0.2) is 20.1 Å². The van der Waals surface area contributed by atoms with E-state index in [1.165, 1.54) is 0 Å². The molecule has 0 aliphatic heterocycles. The second-order valence-electron chi connectivity index (χ2n) is 5.06. The number of amides is 1. The Labute approximate surface area is 141 Å². The third-order valence-corrected chi connectivity index (χ3v) is 3.85. The highest BCUT2D eigenvalue weighted by Gasteiger charge is 2.16. The van der Waals surface area contributed by atoms with Gasteiger partial charge in [0, 0.05) is 10.6 Å². The number of ether oxygens (including phenoxy) is 2. The molecule has 0 aromatic heterocycles. The maximum Gasteiger partial charge on any atom is 0.251 e. The summed E-state index contributed by atoms with van der Waals surface area (Å²) in [4.78, 5) is 12.4. The molecule has 0 heterocycles. The van der Waals surface area contributed by atoms with E-state index in [-0.39, 0.29) is 11.9 Å². The van der Waals surface area contributed by atoms with Crippen molar-refractivity contribution in [3.8, 4) is 11.5 Å². The fourth-order valence-corrected chi connectivity index (χ4v) is 2.55. The van der Waals surface area contributed by atoms with E-state index in [1.807, 2.05) is 25.1 Å². The Balaban J connectivity index is 2.21. The molecule has 0 saturated heterocycles. The average molecular weight is 334 g/mol. The molecule has 23 heavy (non-hydrogen) atoms. The van der Waals surface area contributed by atoms with Crippen LogP contribution in [0.5, 0.6) is 11.5 Å². The minimum atomic E-state index is -0.158. The molecule has 2 rings (SSSR count). The van der Waals surface area contributed by atoms with Crippen LogP contribution in [0.4, 0.5) is 0 Å². The molecule has 1 atom stereocenters. The van der Waals surface area contributed by atoms with E-state index in [4.69, 9.17) is 21.1 Å². The molecule has 0 radical (unpaired) electrons. The molecule has 0 bridgehead atoms. The van der Waals surface area contributed by atoms with Gasteiger partial charge in [-0.1, -0.05) is 30.7 Å². The first-order valence-electron chi connectivity index (χ1n) is 7.37. The Morgan fingerprint density at radius 2 is 1.87 bits per heavy atom. The highest BCUT2D eigenvalue weighted by atomic mass is 35.5. The summed E-state index contributed by atoms with van der Waals surface area (Å²) >= 11 is 5.94. The van der Waals surface area contributed by atoms with Crippen molar-refractivity contribution in [1.29, 1.82) is 0 Å². The monoisotopic (exact) mass is 333 g/mol. The van der Waals surface area contributed by atoms with Gasteiger partial charge in [-0.15, -0.1) is 0 Å². The lowest BCUT2D eigenvalue weighted by atomic mass is 10.0. The largest absolute Gasteiger partial charge is 0.493 e. The lowest BCUT2D eigenvalue weighted by Crippen LogP contribution is -2.28. The standard InChI is InChI=1S/C18H20ClNO3/c1-4-15(12-8-9-16(22-2)17(11-12)23-3)20-18(21)13-6-5-7-14(19)10-13/h5-11,15H,4H2,1-3H3,(H,20,21). The second kappa shape index (κ2) is 7.88. The van der Waals surface area contributed by atoms with E-state index < -0.39 is 0 Å². The maximum atomic E-state index is 12.4. The number of carbonyl (C=O) groups excluding carboxylic acids is 1. The van der Waals surface area contributed by atoms with Gasteiger partial charge in [-0.05, 0) is 42.3 Å². The number of hydrogen-bond acceptors (Lipinski definition) is 3. The van der Waals surface area contributed by atoms with Gasteiger partial charge in [0.1, 0.15) is 0 Å². The van der Waals surface area contributed by atoms with Crippen LogP contribution < -0.4 is 14.8 Å². The first-order chi connectivity index (χ1) is 11.1. The van der Waals surface area contributed by atoms with Gasteiger partial charge < -0.3 is 14.8 Å². The van der Waals surface area contributed by atoms with Crippen LogP contribution in [0.15, 0.2) is 42.5 Å². The Morgan fingerprint density at radius 1 is 1.13 bits per heavy atom. The topological polar surface area (TPSA) is 47.6 Å². The lowest BCUT2D eigenvalue weighted by Gasteiger charge is -2.19. The van der Waals surface area contributed by atoms with Crippen molar-refractivity contribution in [3.63, 3.8) is 0 Å². The van der Waals surface area contributed by atoms with Gasteiger partial charge in [0.15, 0.2) is 11.5 Å². The molecule has 122 valence electrons. The zero-order chi connectivity index (χ0) is 16.8. The predicted octanol–water partition coefficient (Wildman–Crippen LogP) is 4.24. The number of hydrogen-bond donors (Lipinski definition) is 1. The number of rotatable bonds is 6. The number of halogens is 1. The van der Waals surface area contributed by atoms with Gasteiger partial charge in [-0.2, -0.15) is 0 Å². The number of benzene rings is 2. The van der Waals surface area contributed by atoms with E-state index in [0.717, 1.165) is 12.0 Å². The lowest BCUT2D eigenvalue weighted by molar-refractivity contribution is 0.0935. The summed E-state index contributed by atoms with van der Waals surface area (Å²) in [5.74, 6) is 1.14. The third kappa shape index (κ3) is 4.17. The summed E-state index contributed by atoms with van der Waals surface area (Å²) in [5, 5.41) is 3.56. The molecule has 0 aliphatic rings. The van der Waals surface area contributed by atoms with Crippen molar-refractivity contribution in [2.75, 3.05) is 14.2 Å². The molecule has 0 aliphatic carbocycles. The second-order valence-corrected chi connectivity index (χ2v) is 5.50. The van der Waals surface area contributed by atoms with Crippen molar-refractivity contribution in [2.24, 2.45) is 0 Å². The van der Waals surface area contributed by atoms with Crippen LogP contribution in [-0.2, 0) is 0 Å². The van der Waals surface area contributed by atoms with E-state index >= 15 is 0 Å². The first kappa shape index (κ1) is 17.2. The van der Waals surface area contributed by atoms with Crippen LogP contribution in [0.2, 0.25) is 5.02 Å². The van der Waals surface area contributed by atoms with E-state index in [0.29, 0.717) is 22.1 Å². The Bertz CT molecular complexity index is 688. The summed E-state index contributed by atoms with van der Waals surface area (Å²) in [6.07, 6.45) is 0.752. The smallest absolute Gasteiger partial charge is 0.251 e. The van der Waals surface area contributed by atoms with Gasteiger partial charge in [0.25, 0.3) is 5.91 Å². The van der Waals surface area contributed by atoms with Crippen molar-refractivity contribution in [1.82, 2.24) is 5.32 Å². The van der Waals surface area contributed by atoms with Crippen molar-refractivity contribution in [3.05, 3.63) is 58.6 Å². The summed E-state index contributed by atoms with van der Waals surface area (Å²) < 4.78 is 10.6. The van der Waals surface area contributed by atoms with E-state index in [2.05, 4.69) is 5.32 Å². The Hall–Kier alpha value is -2.20. The summed E-state index contributed by atoms with van der Waals surface area (Å²) in [6.45, 7) is 2.01. The summed E-state index contributed by atoms with van der Waals surface area (Å²) in [5.41, 5.74) is 1.50. The Morgan fingerprint density at radius 3 is 2.48 bits per heavy atom. The van der Waals surface area contributed by atoms with Gasteiger partial charge in [0.05, 0.1) is 20.3 Å². The van der Waals surface area contributed by atoms with Crippen LogP contribution in [0.3, 0.4) is 0 Å². The molecule has 1 amide bonds. The molecule has 0 spiro atoms. The van der Waals surface area contributed by atoms with Gasteiger partial charge in [0.2, 0.25) is 0 Å². The molecule has 5 heteroatoms. The molecule has 0 fully saturated rings. The molecule has 1 unspecified atom stereocenters. The molecular weight excluding hydrogens is 314 g/mol. The predicted molar refractivity (Wildman–Crippen MR) is 91.5 cm³/mol. The van der Waals surface area contributed by atoms with E-state index in [9.17, 15) is 4.79 Å². The van der Waals surface area contributed by atoms with Gasteiger partial charge in [-0.3, -0.25) is 4.79 Å². The molecule has 2 aromatic carbocycles. The maximum absolute atomic E-state index is 12.4. The van der Waals surface area contributed by atoms with Crippen LogP contribution >= 0.6 is 11.6 Å². The zero-order valence-corrected chi connectivity index (χ0v) is 14.2.